The Kier molecular flexibility index (Phi) is 10.9. The van der Waals surface area contributed by atoms with Crippen molar-refractivity contribution in [3.63, 3.8) is 0 Å². The van der Waals surface area contributed by atoms with E-state index in [1.54, 1.807) is 73.7 Å². The maximum Gasteiger partial charge on any atom is 0.343 e. The van der Waals surface area contributed by atoms with Gasteiger partial charge in [0.15, 0.2) is 11.5 Å². The first kappa shape index (κ1) is 28.7. The van der Waals surface area contributed by atoms with Gasteiger partial charge in [-0.1, -0.05) is 0 Å². The summed E-state index contributed by atoms with van der Waals surface area (Å²) in [6.07, 6.45) is 1.41. The van der Waals surface area contributed by atoms with E-state index < -0.39 is 17.8 Å². The molecule has 3 aromatic carbocycles. The topological polar surface area (TPSA) is 125 Å². The Hall–Kier alpha value is -4.86. The number of hydrogen-bond donors (Lipinski definition) is 2. The Labute approximate surface area is 226 Å². The summed E-state index contributed by atoms with van der Waals surface area (Å²) in [5.41, 5.74) is 3.72. The number of hydrogen-bond acceptors (Lipinski definition) is 8. The number of hydrazone groups is 1. The van der Waals surface area contributed by atoms with E-state index in [0.29, 0.717) is 53.8 Å². The van der Waals surface area contributed by atoms with Gasteiger partial charge in [-0.2, -0.15) is 5.10 Å². The van der Waals surface area contributed by atoms with E-state index in [-0.39, 0.29) is 12.3 Å². The van der Waals surface area contributed by atoms with Gasteiger partial charge in [0.1, 0.15) is 11.5 Å². The van der Waals surface area contributed by atoms with E-state index in [1.165, 1.54) is 6.21 Å². The number of ether oxygens (including phenoxy) is 4. The molecule has 0 radical (unpaired) electrons. The van der Waals surface area contributed by atoms with Crippen LogP contribution in [0.25, 0.3) is 0 Å². The highest BCUT2D eigenvalue weighted by Gasteiger charge is 2.14. The zero-order valence-electron chi connectivity index (χ0n) is 22.1. The molecule has 0 aliphatic carbocycles. The fourth-order valence-electron chi connectivity index (χ4n) is 3.32. The lowest BCUT2D eigenvalue weighted by Crippen LogP contribution is -2.34. The van der Waals surface area contributed by atoms with Crippen molar-refractivity contribution in [2.75, 3.05) is 26.4 Å². The highest BCUT2D eigenvalue weighted by molar-refractivity contribution is 5.96. The standard InChI is InChI=1S/C29H31N3O7/c1-4-36-23-12-8-21(9-13-23)28(34)30-19-27(33)32-31-18-20-7-16-25(26(17-20)38-6-3)39-29(35)22-10-14-24(15-11-22)37-5-2/h7-18H,4-6,19H2,1-3H3,(H,30,34)(H,32,33)/b31-18+. The lowest BCUT2D eigenvalue weighted by Gasteiger charge is -2.11. The minimum Gasteiger partial charge on any atom is -0.494 e. The molecule has 10 nitrogen and oxygen atoms in total. The van der Waals surface area contributed by atoms with Crippen LogP contribution < -0.4 is 29.7 Å². The molecule has 39 heavy (non-hydrogen) atoms. The number of carbonyl (C=O) groups is 3. The van der Waals surface area contributed by atoms with Gasteiger partial charge in [0.25, 0.3) is 11.8 Å². The van der Waals surface area contributed by atoms with Crippen molar-refractivity contribution in [3.05, 3.63) is 83.4 Å². The molecule has 0 saturated heterocycles. The Morgan fingerprint density at radius 1 is 0.744 bits per heavy atom. The molecule has 204 valence electrons. The number of carbonyl (C=O) groups excluding carboxylic acids is 3. The van der Waals surface area contributed by atoms with Crippen molar-refractivity contribution in [1.29, 1.82) is 0 Å². The molecule has 0 atom stereocenters. The maximum absolute atomic E-state index is 12.6. The minimum atomic E-state index is -0.542. The molecular formula is C29H31N3O7. The lowest BCUT2D eigenvalue weighted by atomic mass is 10.2. The van der Waals surface area contributed by atoms with Gasteiger partial charge in [-0.15, -0.1) is 0 Å². The molecule has 0 aromatic heterocycles. The molecule has 0 unspecified atom stereocenters. The number of esters is 1. The SMILES string of the molecule is CCOc1ccc(C(=O)NCC(=O)N/N=C/c2ccc(OC(=O)c3ccc(OCC)cc3)c(OCC)c2)cc1. The zero-order chi connectivity index (χ0) is 28.0. The summed E-state index contributed by atoms with van der Waals surface area (Å²) >= 11 is 0. The quantitative estimate of drug-likeness (QED) is 0.147. The van der Waals surface area contributed by atoms with Gasteiger partial charge in [0, 0.05) is 5.56 Å². The third kappa shape index (κ3) is 8.89. The van der Waals surface area contributed by atoms with Crippen LogP contribution in [0, 0.1) is 0 Å². The third-order valence-corrected chi connectivity index (χ3v) is 5.11. The number of nitrogens with zero attached hydrogens (tertiary/aromatic N) is 1. The summed E-state index contributed by atoms with van der Waals surface area (Å²) in [5, 5.41) is 6.45. The largest absolute Gasteiger partial charge is 0.494 e. The third-order valence-electron chi connectivity index (χ3n) is 5.11. The summed E-state index contributed by atoms with van der Waals surface area (Å²) < 4.78 is 21.9. The van der Waals surface area contributed by atoms with E-state index >= 15 is 0 Å². The Morgan fingerprint density at radius 2 is 1.33 bits per heavy atom. The first-order valence-electron chi connectivity index (χ1n) is 12.5. The van der Waals surface area contributed by atoms with E-state index in [0.717, 1.165) is 0 Å². The predicted octanol–water partition coefficient (Wildman–Crippen LogP) is 3.98. The molecule has 3 rings (SSSR count). The molecule has 0 aliphatic heterocycles. The summed E-state index contributed by atoms with van der Waals surface area (Å²) in [6.45, 7) is 6.71. The average Bonchev–Trinajstić information content (AvgIpc) is 2.94. The lowest BCUT2D eigenvalue weighted by molar-refractivity contribution is -0.120. The van der Waals surface area contributed by atoms with Crippen molar-refractivity contribution in [1.82, 2.24) is 10.7 Å². The normalized spacial score (nSPS) is 10.5. The average molecular weight is 534 g/mol. The molecule has 3 aromatic rings. The maximum atomic E-state index is 12.6. The van der Waals surface area contributed by atoms with Crippen LogP contribution >= 0.6 is 0 Å². The van der Waals surface area contributed by atoms with Gasteiger partial charge in [-0.3, -0.25) is 9.59 Å². The highest BCUT2D eigenvalue weighted by Crippen LogP contribution is 2.29. The van der Waals surface area contributed by atoms with Crippen molar-refractivity contribution >= 4 is 24.0 Å². The zero-order valence-corrected chi connectivity index (χ0v) is 22.1. The number of amides is 2. The van der Waals surface area contributed by atoms with E-state index in [1.807, 2.05) is 13.8 Å². The molecule has 10 heteroatoms. The molecule has 2 amide bonds. The van der Waals surface area contributed by atoms with Crippen molar-refractivity contribution < 1.29 is 33.3 Å². The van der Waals surface area contributed by atoms with Crippen LogP contribution in [0.1, 0.15) is 47.1 Å². The van der Waals surface area contributed by atoms with Gasteiger partial charge in [-0.05, 0) is 93.1 Å². The van der Waals surface area contributed by atoms with Crippen LogP contribution in [-0.4, -0.2) is 50.4 Å². The molecule has 0 aliphatic rings. The van der Waals surface area contributed by atoms with Gasteiger partial charge >= 0.3 is 5.97 Å². The van der Waals surface area contributed by atoms with E-state index in [4.69, 9.17) is 18.9 Å². The van der Waals surface area contributed by atoms with Gasteiger partial charge < -0.3 is 24.3 Å². The minimum absolute atomic E-state index is 0.244. The van der Waals surface area contributed by atoms with E-state index in [9.17, 15) is 14.4 Å². The Balaban J connectivity index is 1.54. The second kappa shape index (κ2) is 14.8. The number of rotatable bonds is 13. The second-order valence-corrected chi connectivity index (χ2v) is 7.92. The van der Waals surface area contributed by atoms with Gasteiger partial charge in [0.05, 0.1) is 38.1 Å². The molecule has 0 saturated carbocycles. The first-order chi connectivity index (χ1) is 18.9. The van der Waals surface area contributed by atoms with Crippen LogP contribution in [0.2, 0.25) is 0 Å². The predicted molar refractivity (Wildman–Crippen MR) is 146 cm³/mol. The van der Waals surface area contributed by atoms with Gasteiger partial charge in [-0.25, -0.2) is 10.2 Å². The first-order valence-corrected chi connectivity index (χ1v) is 12.5. The molecule has 0 heterocycles. The van der Waals surface area contributed by atoms with Crippen LogP contribution in [0.15, 0.2) is 71.8 Å². The summed E-state index contributed by atoms with van der Waals surface area (Å²) in [7, 11) is 0. The Morgan fingerprint density at radius 3 is 1.92 bits per heavy atom. The van der Waals surface area contributed by atoms with E-state index in [2.05, 4.69) is 15.8 Å². The molecule has 0 fully saturated rings. The fourth-order valence-corrected chi connectivity index (χ4v) is 3.32. The van der Waals surface area contributed by atoms with Crippen molar-refractivity contribution in [3.8, 4) is 23.0 Å². The molecule has 0 bridgehead atoms. The second-order valence-electron chi connectivity index (χ2n) is 7.92. The Bertz CT molecular complexity index is 1290. The summed E-state index contributed by atoms with van der Waals surface area (Å²) in [4.78, 5) is 36.9. The van der Waals surface area contributed by atoms with Crippen molar-refractivity contribution in [2.24, 2.45) is 5.10 Å². The fraction of sp³-hybridized carbons (Fsp3) is 0.241. The molecular weight excluding hydrogens is 502 g/mol. The molecule has 0 spiro atoms. The van der Waals surface area contributed by atoms with Crippen LogP contribution in [0.5, 0.6) is 23.0 Å². The van der Waals surface area contributed by atoms with Crippen LogP contribution in [0.4, 0.5) is 0 Å². The van der Waals surface area contributed by atoms with Gasteiger partial charge in [0.2, 0.25) is 0 Å². The summed E-state index contributed by atoms with van der Waals surface area (Å²) in [6, 6.07) is 18.1. The molecule has 2 N–H and O–H groups in total. The van der Waals surface area contributed by atoms with Crippen molar-refractivity contribution in [2.45, 2.75) is 20.8 Å². The smallest absolute Gasteiger partial charge is 0.343 e. The number of nitrogens with one attached hydrogen (secondary N) is 2. The number of benzene rings is 3. The highest BCUT2D eigenvalue weighted by atomic mass is 16.6. The van der Waals surface area contributed by atoms with Crippen LogP contribution in [0.3, 0.4) is 0 Å². The monoisotopic (exact) mass is 533 g/mol. The van der Waals surface area contributed by atoms with Crippen LogP contribution in [-0.2, 0) is 4.79 Å². The summed E-state index contributed by atoms with van der Waals surface area (Å²) in [5.74, 6) is 0.469.